The molecule has 2 aromatic rings. The topological polar surface area (TPSA) is 63.3 Å². The van der Waals surface area contributed by atoms with Crippen LogP contribution in [0.15, 0.2) is 36.5 Å². The number of esters is 1. The molecule has 1 aromatic heterocycles. The van der Waals surface area contributed by atoms with Crippen LogP contribution in [0.5, 0.6) is 5.75 Å². The molecular formula is C26H34N2O3. The lowest BCUT2D eigenvalue weighted by Crippen LogP contribution is -2.45. The molecule has 2 saturated carbocycles. The molecule has 3 fully saturated rings. The molecule has 2 N–H and O–H groups in total. The molecule has 0 radical (unpaired) electrons. The summed E-state index contributed by atoms with van der Waals surface area (Å²) in [4.78, 5) is 16.0. The van der Waals surface area contributed by atoms with Crippen LogP contribution in [0.4, 0.5) is 0 Å². The van der Waals surface area contributed by atoms with Crippen molar-refractivity contribution >= 4 is 16.9 Å². The van der Waals surface area contributed by atoms with Gasteiger partial charge in [0.15, 0.2) is 0 Å². The zero-order valence-electron chi connectivity index (χ0n) is 18.7. The van der Waals surface area contributed by atoms with E-state index in [-0.39, 0.29) is 23.4 Å². The molecule has 166 valence electrons. The number of benzene rings is 1. The maximum absolute atomic E-state index is 12.7. The third-order valence-electron chi connectivity index (χ3n) is 8.23. The highest BCUT2D eigenvalue weighted by molar-refractivity contribution is 5.84. The van der Waals surface area contributed by atoms with E-state index in [0.717, 1.165) is 43.5 Å². The number of aromatic nitrogens is 1. The summed E-state index contributed by atoms with van der Waals surface area (Å²) in [6, 6.07) is 6.10. The van der Waals surface area contributed by atoms with E-state index in [0.29, 0.717) is 18.4 Å². The number of fused-ring (bicyclic) bond motifs is 3. The van der Waals surface area contributed by atoms with E-state index in [1.54, 1.807) is 7.11 Å². The lowest BCUT2D eigenvalue weighted by molar-refractivity contribution is -0.146. The number of carbonyl (C=O) groups is 1. The van der Waals surface area contributed by atoms with Crippen molar-refractivity contribution in [3.63, 3.8) is 0 Å². The van der Waals surface area contributed by atoms with Gasteiger partial charge in [-0.2, -0.15) is 0 Å². The largest absolute Gasteiger partial charge is 0.497 e. The van der Waals surface area contributed by atoms with Crippen molar-refractivity contribution in [1.29, 1.82) is 0 Å². The van der Waals surface area contributed by atoms with Crippen molar-refractivity contribution in [3.05, 3.63) is 42.1 Å². The molecule has 0 bridgehead atoms. The van der Waals surface area contributed by atoms with Gasteiger partial charge in [-0.05, 0) is 80.2 Å². The van der Waals surface area contributed by atoms with E-state index in [4.69, 9.17) is 9.47 Å². The fourth-order valence-electron chi connectivity index (χ4n) is 6.46. The summed E-state index contributed by atoms with van der Waals surface area (Å²) in [6.45, 7) is 8.30. The molecule has 1 saturated heterocycles. The van der Waals surface area contributed by atoms with Gasteiger partial charge in [-0.1, -0.05) is 19.1 Å². The average molecular weight is 423 g/mol. The number of nitrogens with one attached hydrogen (secondary N) is 2. The number of hydrogen-bond acceptors (Lipinski definition) is 4. The number of aromatic amines is 1. The first-order valence-electron chi connectivity index (χ1n) is 11.7. The first-order valence-corrected chi connectivity index (χ1v) is 11.7. The van der Waals surface area contributed by atoms with Crippen LogP contribution < -0.4 is 10.1 Å². The first-order chi connectivity index (χ1) is 15.0. The van der Waals surface area contributed by atoms with Crippen LogP contribution in [-0.4, -0.2) is 37.3 Å². The summed E-state index contributed by atoms with van der Waals surface area (Å²) in [5, 5.41) is 4.74. The second kappa shape index (κ2) is 8.01. The Hall–Kier alpha value is -2.27. The molecule has 0 unspecified atom stereocenters. The van der Waals surface area contributed by atoms with Crippen LogP contribution in [0.1, 0.15) is 44.6 Å². The van der Waals surface area contributed by atoms with Gasteiger partial charge in [0.1, 0.15) is 11.9 Å². The Bertz CT molecular complexity index is 996. The van der Waals surface area contributed by atoms with E-state index in [2.05, 4.69) is 42.1 Å². The molecule has 0 spiro atoms. The highest BCUT2D eigenvalue weighted by atomic mass is 16.6. The molecular weight excluding hydrogens is 388 g/mol. The fraction of sp³-hybridized carbons (Fsp3) is 0.577. The molecule has 5 atom stereocenters. The molecule has 1 aromatic carbocycles. The molecule has 3 aliphatic rings. The molecule has 31 heavy (non-hydrogen) atoms. The Morgan fingerprint density at radius 1 is 1.39 bits per heavy atom. The summed E-state index contributed by atoms with van der Waals surface area (Å²) in [6.07, 6.45) is 8.72. The van der Waals surface area contributed by atoms with Crippen molar-refractivity contribution in [2.45, 2.75) is 51.6 Å². The summed E-state index contributed by atoms with van der Waals surface area (Å²) in [7, 11) is 1.69. The molecule has 5 heteroatoms. The first kappa shape index (κ1) is 20.6. The highest BCUT2D eigenvalue weighted by Crippen LogP contribution is 2.56. The van der Waals surface area contributed by atoms with Gasteiger partial charge in [0, 0.05) is 29.6 Å². The third kappa shape index (κ3) is 3.67. The number of hydrogen-bond donors (Lipinski definition) is 2. The van der Waals surface area contributed by atoms with Crippen molar-refractivity contribution in [3.8, 4) is 5.75 Å². The summed E-state index contributed by atoms with van der Waals surface area (Å²) < 4.78 is 11.3. The van der Waals surface area contributed by atoms with Gasteiger partial charge in [-0.25, -0.2) is 0 Å². The normalized spacial score (nSPS) is 32.6. The Labute approximate surface area is 184 Å². The highest BCUT2D eigenvalue weighted by Gasteiger charge is 2.54. The smallest absolute Gasteiger partial charge is 0.310 e. The number of methoxy groups -OCH3 is 1. The molecule has 0 amide bonds. The summed E-state index contributed by atoms with van der Waals surface area (Å²) in [5.41, 5.74) is 4.04. The minimum atomic E-state index is -0.0349. The maximum atomic E-state index is 12.7. The van der Waals surface area contributed by atoms with Crippen LogP contribution in [0, 0.1) is 23.2 Å². The van der Waals surface area contributed by atoms with Crippen LogP contribution in [-0.2, 0) is 16.0 Å². The third-order valence-corrected chi connectivity index (χ3v) is 8.23. The van der Waals surface area contributed by atoms with E-state index < -0.39 is 0 Å². The minimum Gasteiger partial charge on any atom is -0.497 e. The zero-order valence-corrected chi connectivity index (χ0v) is 18.7. The second-order valence-corrected chi connectivity index (χ2v) is 10.1. The predicted molar refractivity (Wildman–Crippen MR) is 122 cm³/mol. The van der Waals surface area contributed by atoms with Crippen molar-refractivity contribution in [2.24, 2.45) is 23.2 Å². The van der Waals surface area contributed by atoms with E-state index >= 15 is 0 Å². The van der Waals surface area contributed by atoms with E-state index in [9.17, 15) is 4.79 Å². The Morgan fingerprint density at radius 3 is 3.10 bits per heavy atom. The lowest BCUT2D eigenvalue weighted by atomic mass is 9.55. The number of allylic oxidation sites excluding steroid dienone is 1. The number of rotatable bonds is 6. The van der Waals surface area contributed by atoms with Crippen LogP contribution in [0.25, 0.3) is 10.9 Å². The Kier molecular flexibility index (Phi) is 5.33. The van der Waals surface area contributed by atoms with Crippen molar-refractivity contribution in [2.75, 3.05) is 20.2 Å². The summed E-state index contributed by atoms with van der Waals surface area (Å²) >= 11 is 0. The van der Waals surface area contributed by atoms with Gasteiger partial charge in [-0.3, -0.25) is 4.79 Å². The number of carbonyl (C=O) groups excluding carboxylic acids is 1. The van der Waals surface area contributed by atoms with Gasteiger partial charge in [0.2, 0.25) is 0 Å². The maximum Gasteiger partial charge on any atom is 0.310 e. The monoisotopic (exact) mass is 422 g/mol. The van der Waals surface area contributed by atoms with E-state index in [1.165, 1.54) is 29.4 Å². The fourth-order valence-corrected chi connectivity index (χ4v) is 6.46. The van der Waals surface area contributed by atoms with Gasteiger partial charge in [-0.15, -0.1) is 0 Å². The zero-order chi connectivity index (χ0) is 21.6. The Morgan fingerprint density at radius 2 is 2.26 bits per heavy atom. The van der Waals surface area contributed by atoms with Gasteiger partial charge < -0.3 is 19.8 Å². The van der Waals surface area contributed by atoms with Crippen LogP contribution in [0.3, 0.4) is 0 Å². The average Bonchev–Trinajstić information content (AvgIpc) is 3.29. The van der Waals surface area contributed by atoms with Gasteiger partial charge in [0.05, 0.1) is 13.0 Å². The van der Waals surface area contributed by atoms with Crippen LogP contribution >= 0.6 is 0 Å². The predicted octanol–water partition coefficient (Wildman–Crippen LogP) is 4.62. The quantitative estimate of drug-likeness (QED) is 0.405. The van der Waals surface area contributed by atoms with Gasteiger partial charge in [0.25, 0.3) is 0 Å². The van der Waals surface area contributed by atoms with E-state index in [1.807, 2.05) is 6.07 Å². The standard InChI is InChI=1S/C26H34N2O3/c1-16-5-4-9-26(2)13-24-20(12-22(16)26)21(25(29)31-24)15-27-10-8-17-14-28-23-7-6-18(30-3)11-19(17)23/h6-7,11,14,20-22,24,27-28H,1,4-5,8-10,12-13,15H2,2-3H3/t20-,21+,22+,24-,26-/m1/s1. The van der Waals surface area contributed by atoms with Crippen LogP contribution in [0.2, 0.25) is 0 Å². The minimum absolute atomic E-state index is 0.00723. The molecule has 5 nitrogen and oxygen atoms in total. The molecule has 1 aliphatic heterocycles. The number of ether oxygens (including phenoxy) is 2. The number of H-pyrrole nitrogens is 1. The molecule has 2 heterocycles. The second-order valence-electron chi connectivity index (χ2n) is 10.1. The molecule has 5 rings (SSSR count). The SMILES string of the molecule is C=C1CCC[C@]2(C)C[C@H]3OC(=O)[C@@H](CNCCc4c[nH]c5ccc(OC)cc45)[C@H]3C[C@@H]12. The van der Waals surface area contributed by atoms with Crippen molar-refractivity contribution in [1.82, 2.24) is 10.3 Å². The summed E-state index contributed by atoms with van der Waals surface area (Å²) in [5.74, 6) is 1.69. The molecule has 2 aliphatic carbocycles. The Balaban J connectivity index is 1.20. The van der Waals surface area contributed by atoms with Crippen molar-refractivity contribution < 1.29 is 14.3 Å². The van der Waals surface area contributed by atoms with Gasteiger partial charge >= 0.3 is 5.97 Å². The lowest BCUT2D eigenvalue weighted by Gasteiger charge is -2.50.